The molecule has 2 fully saturated rings. The van der Waals surface area contributed by atoms with E-state index in [4.69, 9.17) is 0 Å². The van der Waals surface area contributed by atoms with E-state index in [0.717, 1.165) is 11.4 Å². The molecule has 120 valence electrons. The molecular weight excluding hydrogens is 292 g/mol. The third-order valence-electron chi connectivity index (χ3n) is 4.41. The minimum atomic E-state index is -0.170. The van der Waals surface area contributed by atoms with Crippen molar-refractivity contribution in [3.8, 4) is 0 Å². The van der Waals surface area contributed by atoms with Crippen molar-refractivity contribution in [3.05, 3.63) is 36.5 Å². The van der Waals surface area contributed by atoms with Gasteiger partial charge in [0.25, 0.3) is 0 Å². The molecule has 1 atom stereocenters. The molecule has 0 aliphatic carbocycles. The number of hydrogen-bond acceptors (Lipinski definition) is 3. The van der Waals surface area contributed by atoms with Crippen LogP contribution in [-0.4, -0.2) is 17.7 Å². The van der Waals surface area contributed by atoms with Gasteiger partial charge in [-0.3, -0.25) is 24.2 Å². The summed E-state index contributed by atoms with van der Waals surface area (Å²) in [7, 11) is 0. The van der Waals surface area contributed by atoms with Gasteiger partial charge in [-0.25, -0.2) is 0 Å². The maximum atomic E-state index is 12.2. The van der Waals surface area contributed by atoms with Crippen molar-refractivity contribution in [2.45, 2.75) is 33.1 Å². The molecule has 1 unspecified atom stereocenters. The fraction of sp³-hybridized carbons (Fsp3) is 0.389. The molecule has 0 bridgehead atoms. The van der Waals surface area contributed by atoms with E-state index in [1.54, 1.807) is 29.2 Å². The second-order valence-corrected chi connectivity index (χ2v) is 6.50. The zero-order valence-electron chi connectivity index (χ0n) is 13.4. The molecule has 2 aliphatic heterocycles. The molecule has 0 spiro atoms. The number of anilines is 2. The monoisotopic (exact) mass is 312 g/mol. The van der Waals surface area contributed by atoms with Crippen LogP contribution in [0.1, 0.15) is 33.1 Å². The molecule has 1 aromatic carbocycles. The van der Waals surface area contributed by atoms with Crippen LogP contribution < -0.4 is 9.80 Å². The van der Waals surface area contributed by atoms with Crippen molar-refractivity contribution < 1.29 is 14.4 Å². The third kappa shape index (κ3) is 2.67. The maximum absolute atomic E-state index is 12.2. The third-order valence-corrected chi connectivity index (χ3v) is 4.41. The summed E-state index contributed by atoms with van der Waals surface area (Å²) in [6, 6.07) is 6.94. The predicted molar refractivity (Wildman–Crippen MR) is 87.7 cm³/mol. The molecule has 3 rings (SSSR count). The van der Waals surface area contributed by atoms with Crippen molar-refractivity contribution in [1.29, 1.82) is 0 Å². The lowest BCUT2D eigenvalue weighted by Crippen LogP contribution is -2.42. The predicted octanol–water partition coefficient (Wildman–Crippen LogP) is 2.86. The van der Waals surface area contributed by atoms with Gasteiger partial charge in [-0.15, -0.1) is 0 Å². The van der Waals surface area contributed by atoms with Gasteiger partial charge in [-0.2, -0.15) is 0 Å². The second-order valence-electron chi connectivity index (χ2n) is 6.50. The van der Waals surface area contributed by atoms with Gasteiger partial charge in [0.1, 0.15) is 0 Å². The van der Waals surface area contributed by atoms with E-state index in [0.29, 0.717) is 24.9 Å². The van der Waals surface area contributed by atoms with Crippen molar-refractivity contribution in [2.24, 2.45) is 11.8 Å². The minimum absolute atomic E-state index is 0.0294. The molecule has 0 saturated carbocycles. The highest BCUT2D eigenvalue weighted by Gasteiger charge is 2.34. The van der Waals surface area contributed by atoms with Crippen LogP contribution in [0, 0.1) is 11.8 Å². The van der Waals surface area contributed by atoms with Gasteiger partial charge in [0.05, 0.1) is 5.69 Å². The Morgan fingerprint density at radius 1 is 0.870 bits per heavy atom. The Balaban J connectivity index is 1.85. The highest BCUT2D eigenvalue weighted by atomic mass is 16.2. The second kappa shape index (κ2) is 5.65. The van der Waals surface area contributed by atoms with Crippen molar-refractivity contribution in [2.75, 3.05) is 9.80 Å². The van der Waals surface area contributed by atoms with E-state index in [-0.39, 0.29) is 29.6 Å². The van der Waals surface area contributed by atoms with Crippen molar-refractivity contribution in [3.63, 3.8) is 0 Å². The molecule has 2 saturated heterocycles. The average molecular weight is 312 g/mol. The Hall–Kier alpha value is -2.43. The average Bonchev–Trinajstić information content (AvgIpc) is 2.72. The molecule has 5 heteroatoms. The Kier molecular flexibility index (Phi) is 3.80. The lowest BCUT2D eigenvalue weighted by atomic mass is 9.97. The Bertz CT molecular complexity index is 675. The van der Waals surface area contributed by atoms with Gasteiger partial charge in [-0.05, 0) is 36.6 Å². The normalized spacial score (nSPS) is 23.1. The van der Waals surface area contributed by atoms with Crippen LogP contribution in [0.25, 0.3) is 0 Å². The van der Waals surface area contributed by atoms with Crippen molar-refractivity contribution >= 4 is 29.1 Å². The van der Waals surface area contributed by atoms with Gasteiger partial charge < -0.3 is 0 Å². The summed E-state index contributed by atoms with van der Waals surface area (Å²) in [5.74, 6) is -0.276. The molecule has 0 radical (unpaired) electrons. The molecule has 1 aromatic rings. The number of hydrogen-bond donors (Lipinski definition) is 0. The summed E-state index contributed by atoms with van der Waals surface area (Å²) in [5, 5.41) is 0. The van der Waals surface area contributed by atoms with E-state index in [9.17, 15) is 14.4 Å². The lowest BCUT2D eigenvalue weighted by Gasteiger charge is -2.28. The zero-order valence-corrected chi connectivity index (χ0v) is 13.4. The van der Waals surface area contributed by atoms with E-state index in [2.05, 4.69) is 6.58 Å². The van der Waals surface area contributed by atoms with Crippen LogP contribution in [0.5, 0.6) is 0 Å². The molecule has 0 aromatic heterocycles. The topological polar surface area (TPSA) is 57.7 Å². The number of carbonyl (C=O) groups excluding carboxylic acids is 3. The number of nitrogens with zero attached hydrogens (tertiary/aromatic N) is 2. The number of rotatable bonds is 2. The van der Waals surface area contributed by atoms with Crippen LogP contribution >= 0.6 is 0 Å². The first-order chi connectivity index (χ1) is 10.9. The minimum Gasteiger partial charge on any atom is -0.285 e. The summed E-state index contributed by atoms with van der Waals surface area (Å²) < 4.78 is 0. The Labute approximate surface area is 135 Å². The lowest BCUT2D eigenvalue weighted by molar-refractivity contribution is -0.130. The fourth-order valence-electron chi connectivity index (χ4n) is 3.25. The largest absolute Gasteiger partial charge is 0.285 e. The van der Waals surface area contributed by atoms with E-state index >= 15 is 0 Å². The number of piperidine rings is 1. The summed E-state index contributed by atoms with van der Waals surface area (Å²) in [6.45, 7) is 7.73. The van der Waals surface area contributed by atoms with Crippen LogP contribution in [-0.2, 0) is 14.4 Å². The number of carbonyl (C=O) groups is 3. The molecule has 2 aliphatic rings. The van der Waals surface area contributed by atoms with Gasteiger partial charge in [-0.1, -0.05) is 20.4 Å². The van der Waals surface area contributed by atoms with Crippen LogP contribution in [0.2, 0.25) is 0 Å². The number of benzene rings is 1. The van der Waals surface area contributed by atoms with E-state index < -0.39 is 0 Å². The number of amides is 3. The highest BCUT2D eigenvalue weighted by Crippen LogP contribution is 2.33. The first-order valence-electron chi connectivity index (χ1n) is 7.86. The molecule has 23 heavy (non-hydrogen) atoms. The SMILES string of the molecule is C=C1CC(C)C(=O)N1c1ccc(N2C(=O)CC(C)CC2=O)cc1. The molecule has 5 nitrogen and oxygen atoms in total. The van der Waals surface area contributed by atoms with E-state index in [1.807, 2.05) is 13.8 Å². The van der Waals surface area contributed by atoms with Crippen molar-refractivity contribution in [1.82, 2.24) is 0 Å². The Morgan fingerprint density at radius 2 is 1.35 bits per heavy atom. The molecule has 0 N–H and O–H groups in total. The maximum Gasteiger partial charge on any atom is 0.234 e. The highest BCUT2D eigenvalue weighted by molar-refractivity contribution is 6.16. The summed E-state index contributed by atoms with van der Waals surface area (Å²) in [4.78, 5) is 39.3. The fourth-order valence-corrected chi connectivity index (χ4v) is 3.25. The first kappa shape index (κ1) is 15.5. The standard InChI is InChI=1S/C18H20N2O3/c1-11-8-16(21)20(17(22)9-11)15-6-4-14(5-7-15)19-13(3)10-12(2)18(19)23/h4-7,11-12H,3,8-10H2,1-2H3. The van der Waals surface area contributed by atoms with Gasteiger partial charge in [0, 0.05) is 30.1 Å². The quantitative estimate of drug-likeness (QED) is 0.789. The van der Waals surface area contributed by atoms with Crippen LogP contribution in [0.15, 0.2) is 36.5 Å². The van der Waals surface area contributed by atoms with Gasteiger partial charge in [0.15, 0.2) is 0 Å². The van der Waals surface area contributed by atoms with Crippen LogP contribution in [0.4, 0.5) is 11.4 Å². The first-order valence-corrected chi connectivity index (χ1v) is 7.86. The zero-order chi connectivity index (χ0) is 16.7. The van der Waals surface area contributed by atoms with Crippen LogP contribution in [0.3, 0.4) is 0 Å². The smallest absolute Gasteiger partial charge is 0.234 e. The van der Waals surface area contributed by atoms with Gasteiger partial charge in [0.2, 0.25) is 17.7 Å². The summed E-state index contributed by atoms with van der Waals surface area (Å²) in [5.41, 5.74) is 2.05. The summed E-state index contributed by atoms with van der Waals surface area (Å²) in [6.07, 6.45) is 1.42. The summed E-state index contributed by atoms with van der Waals surface area (Å²) >= 11 is 0. The van der Waals surface area contributed by atoms with Gasteiger partial charge >= 0.3 is 0 Å². The number of imide groups is 1. The molecule has 2 heterocycles. The molecule has 3 amide bonds. The Morgan fingerprint density at radius 3 is 1.78 bits per heavy atom. The number of allylic oxidation sites excluding steroid dienone is 1. The molecular formula is C18H20N2O3. The van der Waals surface area contributed by atoms with E-state index in [1.165, 1.54) is 4.90 Å².